The van der Waals surface area contributed by atoms with E-state index in [0.717, 1.165) is 33.7 Å². The molecule has 0 spiro atoms. The molecule has 0 aromatic carbocycles. The number of carbonyl (C=O) groups excluding carboxylic acids is 1. The van der Waals surface area contributed by atoms with Crippen LogP contribution in [0.2, 0.25) is 4.34 Å². The van der Waals surface area contributed by atoms with Crippen LogP contribution >= 0.6 is 22.9 Å². The first-order valence-corrected chi connectivity index (χ1v) is 8.03. The van der Waals surface area contributed by atoms with E-state index in [9.17, 15) is 4.79 Å². The number of aromatic nitrogens is 1. The van der Waals surface area contributed by atoms with Gasteiger partial charge in [-0.05, 0) is 37.6 Å². The molecule has 4 nitrogen and oxygen atoms in total. The highest BCUT2D eigenvalue weighted by Gasteiger charge is 2.09. The van der Waals surface area contributed by atoms with E-state index in [4.69, 9.17) is 11.6 Å². The summed E-state index contributed by atoms with van der Waals surface area (Å²) in [4.78, 5) is 17.6. The van der Waals surface area contributed by atoms with Gasteiger partial charge in [-0.3, -0.25) is 4.79 Å². The summed E-state index contributed by atoms with van der Waals surface area (Å²) in [5.74, 6) is 0.630. The zero-order valence-corrected chi connectivity index (χ0v) is 13.6. The first kappa shape index (κ1) is 15.8. The molecule has 21 heavy (non-hydrogen) atoms. The van der Waals surface area contributed by atoms with Crippen LogP contribution in [0, 0.1) is 6.92 Å². The van der Waals surface area contributed by atoms with Crippen LogP contribution in [0.4, 0.5) is 5.82 Å². The predicted molar refractivity (Wildman–Crippen MR) is 88.3 cm³/mol. The minimum atomic E-state index is -0.107. The maximum absolute atomic E-state index is 12.2. The molecule has 2 N–H and O–H groups in total. The fourth-order valence-corrected chi connectivity index (χ4v) is 2.89. The lowest BCUT2D eigenvalue weighted by Crippen LogP contribution is -2.22. The Balaban J connectivity index is 2.02. The van der Waals surface area contributed by atoms with Crippen molar-refractivity contribution in [3.05, 3.63) is 44.7 Å². The average molecular weight is 324 g/mol. The van der Waals surface area contributed by atoms with Crippen molar-refractivity contribution in [1.82, 2.24) is 10.3 Å². The van der Waals surface area contributed by atoms with Crippen molar-refractivity contribution in [3.8, 4) is 0 Å². The fraction of sp³-hybridized carbons (Fsp3) is 0.333. The standard InChI is InChI=1S/C15H18ClN3OS/c1-3-6-17-14-8-11(7-10(2)19-14)15(20)18-9-12-4-5-13(16)21-12/h4-5,7-8H,3,6,9H2,1-2H3,(H,17,19)(H,18,20). The molecule has 0 aliphatic carbocycles. The van der Waals surface area contributed by atoms with Crippen LogP contribution in [0.5, 0.6) is 0 Å². The number of thiophene rings is 1. The summed E-state index contributed by atoms with van der Waals surface area (Å²) in [6, 6.07) is 7.31. The summed E-state index contributed by atoms with van der Waals surface area (Å²) in [5.41, 5.74) is 1.43. The number of hydrogen-bond donors (Lipinski definition) is 2. The van der Waals surface area contributed by atoms with E-state index < -0.39 is 0 Å². The molecule has 0 fully saturated rings. The Morgan fingerprint density at radius 3 is 2.86 bits per heavy atom. The van der Waals surface area contributed by atoms with E-state index in [1.165, 1.54) is 11.3 Å². The van der Waals surface area contributed by atoms with Gasteiger partial charge in [-0.25, -0.2) is 4.98 Å². The second-order valence-corrected chi connectivity index (χ2v) is 6.50. The number of nitrogens with zero attached hydrogens (tertiary/aromatic N) is 1. The van der Waals surface area contributed by atoms with E-state index in [1.807, 2.05) is 19.1 Å². The van der Waals surface area contributed by atoms with E-state index in [-0.39, 0.29) is 5.91 Å². The van der Waals surface area contributed by atoms with Crippen molar-refractivity contribution < 1.29 is 4.79 Å². The molecule has 6 heteroatoms. The van der Waals surface area contributed by atoms with E-state index in [0.29, 0.717) is 12.1 Å². The molecule has 2 aromatic rings. The van der Waals surface area contributed by atoms with Crippen molar-refractivity contribution in [2.75, 3.05) is 11.9 Å². The number of aryl methyl sites for hydroxylation is 1. The summed E-state index contributed by atoms with van der Waals surface area (Å²) in [7, 11) is 0. The number of pyridine rings is 1. The quantitative estimate of drug-likeness (QED) is 0.848. The monoisotopic (exact) mass is 323 g/mol. The highest BCUT2D eigenvalue weighted by atomic mass is 35.5. The Labute approximate surface area is 133 Å². The summed E-state index contributed by atoms with van der Waals surface area (Å²) in [5, 5.41) is 6.10. The van der Waals surface area contributed by atoms with Crippen molar-refractivity contribution in [1.29, 1.82) is 0 Å². The fourth-order valence-electron chi connectivity index (χ4n) is 1.86. The van der Waals surface area contributed by atoms with E-state index in [1.54, 1.807) is 12.1 Å². The number of nitrogens with one attached hydrogen (secondary N) is 2. The largest absolute Gasteiger partial charge is 0.370 e. The van der Waals surface area contributed by atoms with Crippen molar-refractivity contribution in [2.45, 2.75) is 26.8 Å². The molecule has 0 radical (unpaired) electrons. The number of carbonyl (C=O) groups is 1. The van der Waals surface area contributed by atoms with Gasteiger partial charge in [-0.15, -0.1) is 11.3 Å². The lowest BCUT2D eigenvalue weighted by Gasteiger charge is -2.09. The van der Waals surface area contributed by atoms with Gasteiger partial charge in [0.2, 0.25) is 0 Å². The number of hydrogen-bond acceptors (Lipinski definition) is 4. The molecular weight excluding hydrogens is 306 g/mol. The molecule has 2 aromatic heterocycles. The summed E-state index contributed by atoms with van der Waals surface area (Å²) >= 11 is 7.34. The third-order valence-electron chi connectivity index (χ3n) is 2.82. The van der Waals surface area contributed by atoms with Crippen LogP contribution in [0.1, 0.15) is 34.3 Å². The minimum Gasteiger partial charge on any atom is -0.370 e. The van der Waals surface area contributed by atoms with E-state index in [2.05, 4.69) is 22.5 Å². The molecule has 2 rings (SSSR count). The van der Waals surface area contributed by atoms with Crippen molar-refractivity contribution >= 4 is 34.7 Å². The van der Waals surface area contributed by atoms with Gasteiger partial charge in [-0.1, -0.05) is 18.5 Å². The van der Waals surface area contributed by atoms with Gasteiger partial charge in [0.25, 0.3) is 5.91 Å². The molecule has 0 saturated heterocycles. The van der Waals surface area contributed by atoms with Crippen LogP contribution < -0.4 is 10.6 Å². The van der Waals surface area contributed by atoms with Gasteiger partial charge >= 0.3 is 0 Å². The number of anilines is 1. The Bertz CT molecular complexity index is 627. The van der Waals surface area contributed by atoms with Crippen molar-refractivity contribution in [3.63, 3.8) is 0 Å². The maximum Gasteiger partial charge on any atom is 0.251 e. The van der Waals surface area contributed by atoms with Gasteiger partial charge < -0.3 is 10.6 Å². The average Bonchev–Trinajstić information content (AvgIpc) is 2.87. The highest BCUT2D eigenvalue weighted by Crippen LogP contribution is 2.21. The summed E-state index contributed by atoms with van der Waals surface area (Å²) < 4.78 is 0.727. The molecule has 112 valence electrons. The molecule has 0 unspecified atom stereocenters. The molecular formula is C15H18ClN3OS. The minimum absolute atomic E-state index is 0.107. The lowest BCUT2D eigenvalue weighted by atomic mass is 10.2. The van der Waals surface area contributed by atoms with Crippen LogP contribution in [0.3, 0.4) is 0 Å². The molecule has 0 aliphatic heterocycles. The van der Waals surface area contributed by atoms with Crippen LogP contribution in [0.25, 0.3) is 0 Å². The van der Waals surface area contributed by atoms with Gasteiger partial charge in [0.05, 0.1) is 10.9 Å². The zero-order chi connectivity index (χ0) is 15.2. The van der Waals surface area contributed by atoms with Crippen LogP contribution in [0.15, 0.2) is 24.3 Å². The Kier molecular flexibility index (Phi) is 5.59. The first-order valence-electron chi connectivity index (χ1n) is 6.83. The number of amides is 1. The third kappa shape index (κ3) is 4.72. The Morgan fingerprint density at radius 2 is 2.19 bits per heavy atom. The highest BCUT2D eigenvalue weighted by molar-refractivity contribution is 7.16. The number of rotatable bonds is 6. The molecule has 1 amide bonds. The molecule has 0 bridgehead atoms. The first-order chi connectivity index (χ1) is 10.1. The summed E-state index contributed by atoms with van der Waals surface area (Å²) in [6.45, 7) is 5.29. The second kappa shape index (κ2) is 7.43. The van der Waals surface area contributed by atoms with Crippen molar-refractivity contribution in [2.24, 2.45) is 0 Å². The number of halogens is 1. The molecule has 0 atom stereocenters. The zero-order valence-electron chi connectivity index (χ0n) is 12.1. The Hall–Kier alpha value is -1.59. The predicted octanol–water partition coefficient (Wildman–Crippen LogP) is 3.86. The molecule has 0 saturated carbocycles. The van der Waals surface area contributed by atoms with Gasteiger partial charge in [-0.2, -0.15) is 0 Å². The smallest absolute Gasteiger partial charge is 0.251 e. The molecule has 0 aliphatic rings. The topological polar surface area (TPSA) is 54.0 Å². The van der Waals surface area contributed by atoms with Crippen LogP contribution in [-0.4, -0.2) is 17.4 Å². The SMILES string of the molecule is CCCNc1cc(C(=O)NCc2ccc(Cl)s2)cc(C)n1. The normalized spacial score (nSPS) is 10.4. The van der Waals surface area contributed by atoms with Gasteiger partial charge in [0, 0.05) is 22.7 Å². The lowest BCUT2D eigenvalue weighted by molar-refractivity contribution is 0.0951. The van der Waals surface area contributed by atoms with Gasteiger partial charge in [0.15, 0.2) is 0 Å². The van der Waals surface area contributed by atoms with Gasteiger partial charge in [0.1, 0.15) is 5.82 Å². The maximum atomic E-state index is 12.2. The molecule has 2 heterocycles. The van der Waals surface area contributed by atoms with Crippen LogP contribution in [-0.2, 0) is 6.54 Å². The Morgan fingerprint density at radius 1 is 1.38 bits per heavy atom. The second-order valence-electron chi connectivity index (χ2n) is 4.70. The van der Waals surface area contributed by atoms with E-state index >= 15 is 0 Å². The summed E-state index contributed by atoms with van der Waals surface area (Å²) in [6.07, 6.45) is 1.01. The third-order valence-corrected chi connectivity index (χ3v) is 4.05.